The average Bonchev–Trinajstić information content (AvgIpc) is 2.80. The number of unbranched alkanes of at least 4 members (excludes halogenated alkanes) is 5. The van der Waals surface area contributed by atoms with Crippen molar-refractivity contribution in [2.45, 2.75) is 56.4 Å². The second-order valence-corrected chi connectivity index (χ2v) is 9.50. The highest BCUT2D eigenvalue weighted by atomic mass is 32.2. The van der Waals surface area contributed by atoms with Gasteiger partial charge in [-0.3, -0.25) is 4.31 Å². The van der Waals surface area contributed by atoms with Crippen LogP contribution in [0.3, 0.4) is 0 Å². The third-order valence-corrected chi connectivity index (χ3v) is 7.45. The van der Waals surface area contributed by atoms with E-state index in [0.717, 1.165) is 24.1 Å². The zero-order chi connectivity index (χ0) is 20.9. The lowest BCUT2D eigenvalue weighted by Gasteiger charge is -2.24. The number of sulfonamides is 1. The molecule has 1 atom stereocenters. The van der Waals surface area contributed by atoms with Gasteiger partial charge in [-0.1, -0.05) is 69.4 Å². The van der Waals surface area contributed by atoms with Crippen LogP contribution in [-0.2, 0) is 10.0 Å². The quantitative estimate of drug-likeness (QED) is 0.592. The van der Waals surface area contributed by atoms with Crippen LogP contribution in [0, 0.1) is 0 Å². The molecule has 0 bridgehead atoms. The van der Waals surface area contributed by atoms with E-state index in [1.54, 1.807) is 26.3 Å². The molecule has 1 heterocycles. The summed E-state index contributed by atoms with van der Waals surface area (Å²) in [5.41, 5.74) is 2.32. The molecule has 3 rings (SSSR count). The molecule has 0 saturated heterocycles. The second kappa shape index (κ2) is 9.63. The van der Waals surface area contributed by atoms with E-state index < -0.39 is 10.0 Å². The molecule has 1 unspecified atom stereocenters. The van der Waals surface area contributed by atoms with Crippen LogP contribution >= 0.6 is 0 Å². The fraction of sp³-hybridized carbons (Fsp3) is 0.478. The minimum absolute atomic E-state index is 0.202. The molecule has 0 amide bonds. The van der Waals surface area contributed by atoms with Crippen LogP contribution < -0.4 is 14.4 Å². The maximum atomic E-state index is 13.3. The molecule has 1 aliphatic rings. The van der Waals surface area contributed by atoms with Crippen molar-refractivity contribution in [3.63, 3.8) is 0 Å². The van der Waals surface area contributed by atoms with E-state index in [0.29, 0.717) is 16.3 Å². The monoisotopic (exact) mass is 416 g/mol. The number of para-hydroxylation sites is 1. The largest absolute Gasteiger partial charge is 0.495 e. The maximum Gasteiger partial charge on any atom is 0.264 e. The first kappa shape index (κ1) is 21.7. The summed E-state index contributed by atoms with van der Waals surface area (Å²) in [7, 11) is -0.491. The highest BCUT2D eigenvalue weighted by molar-refractivity contribution is 7.92. The number of nitrogens with one attached hydrogen (secondary N) is 1. The number of hydrogen-bond donors (Lipinski definition) is 1. The molecular weight excluding hydrogens is 384 g/mol. The van der Waals surface area contributed by atoms with Crippen molar-refractivity contribution in [2.75, 3.05) is 25.0 Å². The van der Waals surface area contributed by atoms with Crippen LogP contribution in [-0.4, -0.2) is 29.1 Å². The lowest BCUT2D eigenvalue weighted by molar-refractivity contribution is 0.414. The van der Waals surface area contributed by atoms with E-state index in [1.807, 2.05) is 30.3 Å². The van der Waals surface area contributed by atoms with Crippen molar-refractivity contribution < 1.29 is 13.2 Å². The number of fused-ring (bicyclic) bond motifs is 2. The maximum absolute atomic E-state index is 13.3. The Morgan fingerprint density at radius 3 is 2.41 bits per heavy atom. The van der Waals surface area contributed by atoms with Gasteiger partial charge in [0, 0.05) is 12.6 Å². The predicted octanol–water partition coefficient (Wildman–Crippen LogP) is 4.87. The van der Waals surface area contributed by atoms with E-state index in [2.05, 4.69) is 12.2 Å². The molecule has 0 aliphatic carbocycles. The summed E-state index contributed by atoms with van der Waals surface area (Å²) >= 11 is 0. The van der Waals surface area contributed by atoms with Gasteiger partial charge >= 0.3 is 0 Å². The fourth-order valence-corrected chi connectivity index (χ4v) is 5.50. The number of ether oxygens (including phenoxy) is 1. The minimum Gasteiger partial charge on any atom is -0.495 e. The first-order chi connectivity index (χ1) is 14.0. The van der Waals surface area contributed by atoms with Gasteiger partial charge in [-0.05, 0) is 30.7 Å². The summed E-state index contributed by atoms with van der Waals surface area (Å²) in [5, 5.41) is 3.63. The summed E-state index contributed by atoms with van der Waals surface area (Å²) in [6, 6.07) is 12.8. The summed E-state index contributed by atoms with van der Waals surface area (Å²) in [6.45, 7) is 3.06. The Morgan fingerprint density at radius 1 is 0.966 bits per heavy atom. The molecule has 158 valence electrons. The zero-order valence-electron chi connectivity index (χ0n) is 17.6. The third kappa shape index (κ3) is 4.43. The smallest absolute Gasteiger partial charge is 0.264 e. The minimum atomic E-state index is -3.67. The third-order valence-electron chi connectivity index (χ3n) is 5.62. The molecule has 5 nitrogen and oxygen atoms in total. The standard InChI is InChI=1S/C23H32N2O3S/c1-4-5-6-7-8-11-17-24-22-18-13-9-10-16-21(18)29(26,27)25(2)23-19(22)14-12-15-20(23)28-3/h9-10,12-16,22,24H,4-8,11,17H2,1-3H3. The molecule has 2 aromatic rings. The SMILES string of the molecule is CCCCCCCCNC1c2ccccc2S(=O)(=O)N(C)c2c(OC)cccc21. The zero-order valence-corrected chi connectivity index (χ0v) is 18.5. The van der Waals surface area contributed by atoms with Crippen molar-refractivity contribution in [3.05, 3.63) is 53.6 Å². The topological polar surface area (TPSA) is 58.6 Å². The molecule has 0 fully saturated rings. The Bertz CT molecular complexity index is 927. The molecule has 2 aromatic carbocycles. The Balaban J connectivity index is 1.94. The second-order valence-electron chi connectivity index (χ2n) is 7.56. The van der Waals surface area contributed by atoms with Gasteiger partial charge in [0.15, 0.2) is 0 Å². The van der Waals surface area contributed by atoms with Gasteiger partial charge in [0.2, 0.25) is 0 Å². The van der Waals surface area contributed by atoms with Crippen molar-refractivity contribution >= 4 is 15.7 Å². The number of nitrogens with zero attached hydrogens (tertiary/aromatic N) is 1. The number of hydrogen-bond acceptors (Lipinski definition) is 4. The van der Waals surface area contributed by atoms with E-state index >= 15 is 0 Å². The molecule has 6 heteroatoms. The Hall–Kier alpha value is -2.05. The summed E-state index contributed by atoms with van der Waals surface area (Å²) in [4.78, 5) is 0.348. The van der Waals surface area contributed by atoms with Crippen molar-refractivity contribution in [1.29, 1.82) is 0 Å². The van der Waals surface area contributed by atoms with Crippen LogP contribution in [0.4, 0.5) is 5.69 Å². The molecule has 0 spiro atoms. The Labute approximate surface area is 175 Å². The highest BCUT2D eigenvalue weighted by Crippen LogP contribution is 2.44. The number of rotatable bonds is 9. The lowest BCUT2D eigenvalue weighted by Crippen LogP contribution is -2.27. The van der Waals surface area contributed by atoms with Gasteiger partial charge in [0.1, 0.15) is 5.75 Å². The number of anilines is 1. The van der Waals surface area contributed by atoms with Crippen molar-refractivity contribution in [3.8, 4) is 5.75 Å². The summed E-state index contributed by atoms with van der Waals surface area (Å²) < 4.78 is 33.5. The molecule has 29 heavy (non-hydrogen) atoms. The van der Waals surface area contributed by atoms with Crippen LogP contribution in [0.1, 0.15) is 62.6 Å². The van der Waals surface area contributed by atoms with Crippen molar-refractivity contribution in [1.82, 2.24) is 5.32 Å². The molecule has 1 N–H and O–H groups in total. The molecule has 0 radical (unpaired) electrons. The Kier molecular flexibility index (Phi) is 7.19. The predicted molar refractivity (Wildman–Crippen MR) is 118 cm³/mol. The summed E-state index contributed by atoms with van der Waals surface area (Å²) in [6.07, 6.45) is 7.33. The average molecular weight is 417 g/mol. The van der Waals surface area contributed by atoms with E-state index in [9.17, 15) is 8.42 Å². The van der Waals surface area contributed by atoms with Gasteiger partial charge in [0.05, 0.1) is 23.7 Å². The van der Waals surface area contributed by atoms with E-state index in [1.165, 1.54) is 36.4 Å². The van der Waals surface area contributed by atoms with Crippen molar-refractivity contribution in [2.24, 2.45) is 0 Å². The fourth-order valence-electron chi connectivity index (χ4n) is 4.03. The lowest BCUT2D eigenvalue weighted by atomic mass is 9.96. The normalized spacial score (nSPS) is 17.3. The van der Waals surface area contributed by atoms with E-state index in [-0.39, 0.29) is 6.04 Å². The first-order valence-electron chi connectivity index (χ1n) is 10.5. The number of benzene rings is 2. The molecule has 0 aromatic heterocycles. The highest BCUT2D eigenvalue weighted by Gasteiger charge is 2.36. The van der Waals surface area contributed by atoms with Crippen LogP contribution in [0.2, 0.25) is 0 Å². The molecule has 0 saturated carbocycles. The van der Waals surface area contributed by atoms with Gasteiger partial charge in [0.25, 0.3) is 10.0 Å². The van der Waals surface area contributed by atoms with Gasteiger partial charge in [-0.15, -0.1) is 0 Å². The number of methoxy groups -OCH3 is 1. The molecular formula is C23H32N2O3S. The van der Waals surface area contributed by atoms with Crippen LogP contribution in [0.15, 0.2) is 47.4 Å². The van der Waals surface area contributed by atoms with E-state index in [4.69, 9.17) is 4.74 Å². The first-order valence-corrected chi connectivity index (χ1v) is 11.9. The van der Waals surface area contributed by atoms with Crippen LogP contribution in [0.25, 0.3) is 0 Å². The molecule has 1 aliphatic heterocycles. The van der Waals surface area contributed by atoms with Gasteiger partial charge < -0.3 is 10.1 Å². The van der Waals surface area contributed by atoms with Gasteiger partial charge in [-0.25, -0.2) is 8.42 Å². The Morgan fingerprint density at radius 2 is 1.66 bits per heavy atom. The van der Waals surface area contributed by atoms with Crippen LogP contribution in [0.5, 0.6) is 5.75 Å². The summed E-state index contributed by atoms with van der Waals surface area (Å²) in [5.74, 6) is 0.563. The van der Waals surface area contributed by atoms with Gasteiger partial charge in [-0.2, -0.15) is 0 Å².